The zero-order chi connectivity index (χ0) is 31.3. The fourth-order valence-electron chi connectivity index (χ4n) is 6.04. The summed E-state index contributed by atoms with van der Waals surface area (Å²) < 4.78 is 18.0. The lowest BCUT2D eigenvalue weighted by Crippen LogP contribution is -2.42. The van der Waals surface area contributed by atoms with Crippen molar-refractivity contribution in [3.63, 3.8) is 0 Å². The Balaban J connectivity index is 1.82. The van der Waals surface area contributed by atoms with E-state index in [0.29, 0.717) is 25.4 Å². The maximum Gasteiger partial charge on any atom is 0.410 e. The van der Waals surface area contributed by atoms with Crippen LogP contribution in [0.1, 0.15) is 71.5 Å². The number of ether oxygens (including phenoxy) is 2. The van der Waals surface area contributed by atoms with Crippen molar-refractivity contribution in [2.75, 3.05) is 13.2 Å². The van der Waals surface area contributed by atoms with Crippen molar-refractivity contribution in [2.45, 2.75) is 104 Å². The fraction of sp³-hybridized carbons (Fsp3) is 0.613. The van der Waals surface area contributed by atoms with Crippen LogP contribution in [-0.2, 0) is 23.3 Å². The van der Waals surface area contributed by atoms with Crippen LogP contribution in [0.15, 0.2) is 23.4 Å². The number of likely N-dealkylation sites (tertiary alicyclic amines) is 1. The summed E-state index contributed by atoms with van der Waals surface area (Å²) >= 11 is 0. The van der Waals surface area contributed by atoms with E-state index in [0.717, 1.165) is 58.7 Å². The highest BCUT2D eigenvalue weighted by atomic mass is 28.3. The van der Waals surface area contributed by atoms with E-state index in [1.807, 2.05) is 59.0 Å². The highest BCUT2D eigenvalue weighted by Crippen LogP contribution is 2.45. The Morgan fingerprint density at radius 1 is 1.19 bits per heavy atom. The lowest BCUT2D eigenvalue weighted by atomic mass is 9.92. The van der Waals surface area contributed by atoms with Gasteiger partial charge in [0, 0.05) is 51.6 Å². The normalized spacial score (nSPS) is 16.6. The van der Waals surface area contributed by atoms with E-state index < -0.39 is 13.7 Å². The Morgan fingerprint density at radius 3 is 2.56 bits per heavy atom. The summed E-state index contributed by atoms with van der Waals surface area (Å²) in [4.78, 5) is 36.8. The van der Waals surface area contributed by atoms with E-state index in [-0.39, 0.29) is 23.9 Å². The number of piperidine rings is 1. The molecule has 1 aliphatic heterocycles. The van der Waals surface area contributed by atoms with Crippen LogP contribution in [0.5, 0.6) is 0 Å². The molecule has 1 aliphatic rings. The molecule has 1 unspecified atom stereocenters. The summed E-state index contributed by atoms with van der Waals surface area (Å²) in [6.07, 6.45) is 7.85. The number of pyridine rings is 1. The number of nitrogens with zero attached hydrogens (tertiary/aromatic N) is 6. The fourth-order valence-corrected chi connectivity index (χ4v) is 6.79. The van der Waals surface area contributed by atoms with Gasteiger partial charge in [-0.3, -0.25) is 9.25 Å². The molecule has 1 amide bonds. The van der Waals surface area contributed by atoms with Gasteiger partial charge < -0.3 is 23.9 Å². The van der Waals surface area contributed by atoms with Gasteiger partial charge in [0.15, 0.2) is 0 Å². The molecule has 5 rings (SSSR count). The standard InChI is InChI=1S/C31H47N7O4Si/c1-20(2)38-27-22(34-29(38)39)17-32-28-25(27)24(23-12-10-11-13-36(23)30(40)42-31(3,4)5)26(21-16-33-35(6)18-21)37(28)19-41-14-15-43(7,8)9/h16-18,20,23H,10-15,19H2,1-9H3,(H,34,39). The quantitative estimate of drug-likeness (QED) is 0.182. The van der Waals surface area contributed by atoms with Gasteiger partial charge in [0.25, 0.3) is 0 Å². The number of carbonyl (C=O) groups is 1. The molecule has 0 aliphatic carbocycles. The Bertz CT molecular complexity index is 1680. The van der Waals surface area contributed by atoms with Crippen LogP contribution in [0.25, 0.3) is 33.3 Å². The summed E-state index contributed by atoms with van der Waals surface area (Å²) in [5.74, 6) is 0. The number of aryl methyl sites for hydroxylation is 1. The van der Waals surface area contributed by atoms with Crippen LogP contribution < -0.4 is 5.69 Å². The number of H-pyrrole nitrogens is 1. The van der Waals surface area contributed by atoms with Crippen molar-refractivity contribution in [1.29, 1.82) is 0 Å². The second-order valence-electron chi connectivity index (χ2n) is 14.2. The number of fused-ring (bicyclic) bond motifs is 3. The van der Waals surface area contributed by atoms with Gasteiger partial charge in [-0.25, -0.2) is 14.6 Å². The van der Waals surface area contributed by atoms with Gasteiger partial charge in [-0.15, -0.1) is 0 Å². The minimum absolute atomic E-state index is 0.0915. The average molecular weight is 610 g/mol. The number of nitrogens with one attached hydrogen (secondary N) is 1. The zero-order valence-electron chi connectivity index (χ0n) is 27.2. The van der Waals surface area contributed by atoms with Crippen molar-refractivity contribution >= 4 is 36.2 Å². The van der Waals surface area contributed by atoms with Crippen LogP contribution in [-0.4, -0.2) is 66.7 Å². The van der Waals surface area contributed by atoms with Gasteiger partial charge in [-0.05, 0) is 59.9 Å². The number of hydrogen-bond donors (Lipinski definition) is 1. The highest BCUT2D eigenvalue weighted by molar-refractivity contribution is 6.76. The molecule has 12 heteroatoms. The molecule has 4 aromatic heterocycles. The van der Waals surface area contributed by atoms with E-state index in [2.05, 4.69) is 34.3 Å². The summed E-state index contributed by atoms with van der Waals surface area (Å²) in [5, 5.41) is 5.37. The zero-order valence-corrected chi connectivity index (χ0v) is 28.2. The van der Waals surface area contributed by atoms with E-state index in [1.54, 1.807) is 15.4 Å². The first-order chi connectivity index (χ1) is 20.2. The third-order valence-electron chi connectivity index (χ3n) is 7.96. The molecule has 4 aromatic rings. The topological polar surface area (TPSA) is 112 Å². The Morgan fingerprint density at radius 2 is 1.93 bits per heavy atom. The van der Waals surface area contributed by atoms with Crippen molar-refractivity contribution in [2.24, 2.45) is 7.05 Å². The molecule has 0 saturated carbocycles. The lowest BCUT2D eigenvalue weighted by Gasteiger charge is -2.37. The smallest absolute Gasteiger partial charge is 0.410 e. The SMILES string of the molecule is CC(C)n1c(=O)[nH]c2cnc3c(c(C4CCCCN4C(=O)OC(C)(C)C)c(-c4cnn(C)c4)n3COCC[Si](C)(C)C)c21. The number of carbonyl (C=O) groups excluding carboxylic acids is 1. The third kappa shape index (κ3) is 6.31. The van der Waals surface area contributed by atoms with Crippen molar-refractivity contribution in [3.8, 4) is 11.3 Å². The van der Waals surface area contributed by atoms with Crippen molar-refractivity contribution in [3.05, 3.63) is 34.6 Å². The molecule has 43 heavy (non-hydrogen) atoms. The first-order valence-electron chi connectivity index (χ1n) is 15.4. The molecule has 5 heterocycles. The molecule has 1 N–H and O–H groups in total. The molecular formula is C31H47N7O4Si. The van der Waals surface area contributed by atoms with Gasteiger partial charge in [-0.1, -0.05) is 19.6 Å². The highest BCUT2D eigenvalue weighted by Gasteiger charge is 2.37. The summed E-state index contributed by atoms with van der Waals surface area (Å²) in [6, 6.07) is 0.660. The number of imidazole rings is 1. The maximum atomic E-state index is 13.7. The van der Waals surface area contributed by atoms with Crippen molar-refractivity contribution in [1.82, 2.24) is 33.8 Å². The first kappa shape index (κ1) is 31.1. The van der Waals surface area contributed by atoms with E-state index in [9.17, 15) is 9.59 Å². The predicted octanol–water partition coefficient (Wildman–Crippen LogP) is 6.44. The van der Waals surface area contributed by atoms with Crippen LogP contribution in [0.4, 0.5) is 4.79 Å². The Hall–Kier alpha value is -3.38. The molecular weight excluding hydrogens is 562 g/mol. The predicted molar refractivity (Wildman–Crippen MR) is 172 cm³/mol. The monoisotopic (exact) mass is 609 g/mol. The van der Waals surface area contributed by atoms with Crippen molar-refractivity contribution < 1.29 is 14.3 Å². The van der Waals surface area contributed by atoms with E-state index >= 15 is 0 Å². The molecule has 1 saturated heterocycles. The summed E-state index contributed by atoms with van der Waals surface area (Å²) in [7, 11) is 0.593. The van der Waals surface area contributed by atoms with E-state index in [1.165, 1.54) is 0 Å². The Labute approximate surface area is 254 Å². The largest absolute Gasteiger partial charge is 0.444 e. The molecule has 1 atom stereocenters. The summed E-state index contributed by atoms with van der Waals surface area (Å²) in [6.45, 7) is 18.2. The second-order valence-corrected chi connectivity index (χ2v) is 19.9. The first-order valence-corrected chi connectivity index (χ1v) is 19.1. The second kappa shape index (κ2) is 11.6. The van der Waals surface area contributed by atoms with Gasteiger partial charge in [0.2, 0.25) is 0 Å². The van der Waals surface area contributed by atoms with Crippen LogP contribution in [0.3, 0.4) is 0 Å². The van der Waals surface area contributed by atoms with Gasteiger partial charge in [-0.2, -0.15) is 5.10 Å². The third-order valence-corrected chi connectivity index (χ3v) is 9.66. The van der Waals surface area contributed by atoms with Crippen LogP contribution in [0.2, 0.25) is 25.7 Å². The van der Waals surface area contributed by atoms with Gasteiger partial charge >= 0.3 is 11.8 Å². The minimum atomic E-state index is -1.30. The maximum absolute atomic E-state index is 13.7. The molecule has 0 bridgehead atoms. The lowest BCUT2D eigenvalue weighted by molar-refractivity contribution is 0.00971. The van der Waals surface area contributed by atoms with Crippen LogP contribution in [0, 0.1) is 0 Å². The van der Waals surface area contributed by atoms with Gasteiger partial charge in [0.05, 0.1) is 40.5 Å². The molecule has 0 spiro atoms. The summed E-state index contributed by atoms with van der Waals surface area (Å²) in [5.41, 5.74) is 4.13. The van der Waals surface area contributed by atoms with E-state index in [4.69, 9.17) is 14.5 Å². The molecule has 234 valence electrons. The number of aromatic amines is 1. The molecule has 11 nitrogen and oxygen atoms in total. The van der Waals surface area contributed by atoms with Gasteiger partial charge in [0.1, 0.15) is 18.0 Å². The van der Waals surface area contributed by atoms with Crippen LogP contribution >= 0.6 is 0 Å². The average Bonchev–Trinajstić information content (AvgIpc) is 3.57. The number of rotatable bonds is 8. The number of amides is 1. The molecule has 1 fully saturated rings. The Kier molecular flexibility index (Phi) is 8.38. The molecule has 0 aromatic carbocycles. The minimum Gasteiger partial charge on any atom is -0.444 e. The number of hydrogen-bond acceptors (Lipinski definition) is 6. The molecule has 0 radical (unpaired) electrons. The number of aromatic nitrogens is 6.